The molecule has 47 heavy (non-hydrogen) atoms. The number of halogens is 1. The van der Waals surface area contributed by atoms with Crippen LogP contribution in [0.4, 0.5) is 10.1 Å². The summed E-state index contributed by atoms with van der Waals surface area (Å²) in [5.41, 5.74) is 7.60. The van der Waals surface area contributed by atoms with Crippen molar-refractivity contribution in [1.29, 1.82) is 0 Å². The molecule has 0 fully saturated rings. The van der Waals surface area contributed by atoms with Crippen molar-refractivity contribution >= 4 is 43.4 Å². The van der Waals surface area contributed by atoms with E-state index in [9.17, 15) is 17.6 Å². The Bertz CT molecular complexity index is 2390. The van der Waals surface area contributed by atoms with Crippen LogP contribution in [0.15, 0.2) is 97.7 Å². The van der Waals surface area contributed by atoms with Gasteiger partial charge < -0.3 is 10.3 Å². The molecule has 0 spiro atoms. The van der Waals surface area contributed by atoms with Crippen LogP contribution < -0.4 is 5.32 Å². The number of hydrogen-bond donors (Lipinski definition) is 3. The monoisotopic (exact) mass is 645 g/mol. The Balaban J connectivity index is 1.20. The molecular weight excluding hydrogens is 617 g/mol. The predicted octanol–water partition coefficient (Wildman–Crippen LogP) is 6.14. The lowest BCUT2D eigenvalue weighted by Crippen LogP contribution is -2.14. The van der Waals surface area contributed by atoms with E-state index < -0.39 is 15.7 Å². The van der Waals surface area contributed by atoms with Gasteiger partial charge in [-0.1, -0.05) is 36.4 Å². The van der Waals surface area contributed by atoms with Gasteiger partial charge in [-0.15, -0.1) is 0 Å². The van der Waals surface area contributed by atoms with E-state index in [0.29, 0.717) is 33.7 Å². The van der Waals surface area contributed by atoms with Gasteiger partial charge in [0.25, 0.3) is 0 Å². The number of rotatable bonds is 9. The number of anilines is 1. The minimum Gasteiger partial charge on any atom is -0.352 e. The first-order valence-electron chi connectivity index (χ1n) is 14.8. The molecule has 10 nitrogen and oxygen atoms in total. The third-order valence-corrected chi connectivity index (χ3v) is 8.76. The van der Waals surface area contributed by atoms with Crippen LogP contribution in [0, 0.1) is 5.82 Å². The number of nitrogens with one attached hydrogen (secondary N) is 3. The van der Waals surface area contributed by atoms with Crippen molar-refractivity contribution in [3.05, 3.63) is 115 Å². The number of carbonyl (C=O) groups is 1. The lowest BCUT2D eigenvalue weighted by atomic mass is 10.0. The molecule has 7 rings (SSSR count). The molecule has 7 aromatic rings. The topological polar surface area (TPSA) is 146 Å². The fourth-order valence-corrected chi connectivity index (χ4v) is 6.19. The minimum atomic E-state index is -3.20. The van der Waals surface area contributed by atoms with E-state index in [1.807, 2.05) is 48.5 Å². The van der Waals surface area contributed by atoms with Crippen LogP contribution in [0.2, 0.25) is 0 Å². The number of aromatic nitrogens is 6. The highest BCUT2D eigenvalue weighted by molar-refractivity contribution is 7.90. The maximum Gasteiger partial charge on any atom is 0.228 e. The average molecular weight is 646 g/mol. The number of benzene rings is 2. The van der Waals surface area contributed by atoms with Crippen LogP contribution in [0.1, 0.15) is 11.1 Å². The smallest absolute Gasteiger partial charge is 0.228 e. The first kappa shape index (κ1) is 29.9. The van der Waals surface area contributed by atoms with Crippen molar-refractivity contribution in [3.63, 3.8) is 0 Å². The Kier molecular flexibility index (Phi) is 7.78. The molecule has 0 aliphatic carbocycles. The molecule has 5 aromatic heterocycles. The summed E-state index contributed by atoms with van der Waals surface area (Å²) in [6.07, 6.45) is 10.00. The van der Waals surface area contributed by atoms with Crippen molar-refractivity contribution in [2.24, 2.45) is 0 Å². The summed E-state index contributed by atoms with van der Waals surface area (Å²) >= 11 is 0. The van der Waals surface area contributed by atoms with Crippen LogP contribution in [0.3, 0.4) is 0 Å². The van der Waals surface area contributed by atoms with E-state index in [4.69, 9.17) is 0 Å². The third-order valence-electron chi connectivity index (χ3n) is 7.82. The fourth-order valence-electron chi connectivity index (χ4n) is 5.58. The first-order chi connectivity index (χ1) is 22.7. The highest BCUT2D eigenvalue weighted by Crippen LogP contribution is 2.35. The Morgan fingerprint density at radius 3 is 2.49 bits per heavy atom. The second kappa shape index (κ2) is 12.2. The van der Waals surface area contributed by atoms with Crippen LogP contribution in [0.5, 0.6) is 0 Å². The van der Waals surface area contributed by atoms with E-state index in [0.717, 1.165) is 38.7 Å². The van der Waals surface area contributed by atoms with Gasteiger partial charge >= 0.3 is 0 Å². The fraction of sp³-hybridized carbons (Fsp3) is 0.114. The molecule has 0 aliphatic heterocycles. The van der Waals surface area contributed by atoms with Crippen LogP contribution in [0.25, 0.3) is 55.6 Å². The SMILES string of the molecule is CS(=O)(=O)CCc1cc(F)cc(-c2cncc3[nH]c(-c4[nH]nc5ncc(-c6cncc(NC(=O)Cc7ccccc7)c6)cc45)cc23)c1. The number of aromatic amines is 2. The molecule has 5 heterocycles. The molecule has 12 heteroatoms. The number of nitrogens with zero attached hydrogens (tertiary/aromatic N) is 4. The summed E-state index contributed by atoms with van der Waals surface area (Å²) < 4.78 is 38.1. The molecule has 0 saturated carbocycles. The van der Waals surface area contributed by atoms with Gasteiger partial charge in [0.05, 0.1) is 47.2 Å². The predicted molar refractivity (Wildman–Crippen MR) is 180 cm³/mol. The third kappa shape index (κ3) is 6.63. The van der Waals surface area contributed by atoms with Crippen molar-refractivity contribution in [1.82, 2.24) is 30.1 Å². The number of H-pyrrole nitrogens is 2. The van der Waals surface area contributed by atoms with Crippen molar-refractivity contribution < 1.29 is 17.6 Å². The van der Waals surface area contributed by atoms with Gasteiger partial charge in [0.1, 0.15) is 15.7 Å². The zero-order valence-corrected chi connectivity index (χ0v) is 26.0. The lowest BCUT2D eigenvalue weighted by molar-refractivity contribution is -0.115. The highest BCUT2D eigenvalue weighted by Gasteiger charge is 2.16. The van der Waals surface area contributed by atoms with Gasteiger partial charge in [-0.05, 0) is 53.4 Å². The summed E-state index contributed by atoms with van der Waals surface area (Å²) in [6.45, 7) is 0. The summed E-state index contributed by atoms with van der Waals surface area (Å²) in [4.78, 5) is 29.3. The van der Waals surface area contributed by atoms with Crippen LogP contribution in [-0.4, -0.2) is 56.5 Å². The maximum atomic E-state index is 14.7. The summed E-state index contributed by atoms with van der Waals surface area (Å²) in [5.74, 6) is -0.665. The van der Waals surface area contributed by atoms with Gasteiger partial charge in [0, 0.05) is 52.3 Å². The molecule has 0 atom stereocenters. The summed E-state index contributed by atoms with van der Waals surface area (Å²) in [5, 5.41) is 12.0. The molecule has 2 aromatic carbocycles. The summed E-state index contributed by atoms with van der Waals surface area (Å²) in [6, 6.07) is 19.8. The van der Waals surface area contributed by atoms with Gasteiger partial charge in [0.15, 0.2) is 5.65 Å². The molecule has 0 bridgehead atoms. The van der Waals surface area contributed by atoms with E-state index in [1.165, 1.54) is 18.4 Å². The number of aryl methyl sites for hydroxylation is 1. The second-order valence-corrected chi connectivity index (χ2v) is 13.7. The van der Waals surface area contributed by atoms with Gasteiger partial charge in [-0.2, -0.15) is 5.10 Å². The van der Waals surface area contributed by atoms with E-state index in [-0.39, 0.29) is 24.5 Å². The van der Waals surface area contributed by atoms with Crippen molar-refractivity contribution in [2.45, 2.75) is 12.8 Å². The molecule has 0 saturated heterocycles. The zero-order valence-electron chi connectivity index (χ0n) is 25.2. The Morgan fingerprint density at radius 2 is 1.66 bits per heavy atom. The molecule has 0 aliphatic rings. The Morgan fingerprint density at radius 1 is 0.851 bits per heavy atom. The highest BCUT2D eigenvalue weighted by atomic mass is 32.2. The number of fused-ring (bicyclic) bond motifs is 2. The van der Waals surface area contributed by atoms with E-state index in [1.54, 1.807) is 37.1 Å². The standard InChI is InChI=1S/C35H28FN7O3S/c1-47(45,46)8-7-22-9-23(12-26(36)10-22)30-19-38-20-32-28(30)15-31(41-32)34-29-14-25(17-39-35(29)43-42-34)24-13-27(18-37-16-24)40-33(44)11-21-5-3-2-4-6-21/h2-6,9-10,12-20,41H,7-8,11H2,1H3,(H,40,44)(H,39,42,43). The quantitative estimate of drug-likeness (QED) is 0.171. The molecular formula is C35H28FN7O3S. The second-order valence-electron chi connectivity index (χ2n) is 11.4. The van der Waals surface area contributed by atoms with Crippen LogP contribution >= 0.6 is 0 Å². The lowest BCUT2D eigenvalue weighted by Gasteiger charge is -2.07. The molecule has 3 N–H and O–H groups in total. The molecule has 1 amide bonds. The number of pyridine rings is 3. The summed E-state index contributed by atoms with van der Waals surface area (Å²) in [7, 11) is -3.20. The Hall–Kier alpha value is -5.75. The Labute approximate surface area is 269 Å². The first-order valence-corrected chi connectivity index (χ1v) is 16.8. The van der Waals surface area contributed by atoms with Crippen LogP contribution in [-0.2, 0) is 27.5 Å². The van der Waals surface area contributed by atoms with Gasteiger partial charge in [-0.3, -0.25) is 19.9 Å². The number of carbonyl (C=O) groups excluding carboxylic acids is 1. The maximum absolute atomic E-state index is 14.7. The van der Waals surface area contributed by atoms with Crippen molar-refractivity contribution in [3.8, 4) is 33.6 Å². The van der Waals surface area contributed by atoms with Crippen molar-refractivity contribution in [2.75, 3.05) is 17.3 Å². The van der Waals surface area contributed by atoms with E-state index in [2.05, 4.69) is 35.5 Å². The molecule has 0 radical (unpaired) electrons. The molecule has 0 unspecified atom stereocenters. The zero-order chi connectivity index (χ0) is 32.5. The number of sulfone groups is 1. The minimum absolute atomic E-state index is 0.0706. The van der Waals surface area contributed by atoms with Gasteiger partial charge in [0.2, 0.25) is 5.91 Å². The van der Waals surface area contributed by atoms with Gasteiger partial charge in [-0.25, -0.2) is 17.8 Å². The number of hydrogen-bond acceptors (Lipinski definition) is 7. The normalized spacial score (nSPS) is 11.7. The number of amides is 1. The van der Waals surface area contributed by atoms with E-state index >= 15 is 0 Å². The molecule has 234 valence electrons. The largest absolute Gasteiger partial charge is 0.352 e. The average Bonchev–Trinajstić information content (AvgIpc) is 3.68.